The lowest BCUT2D eigenvalue weighted by atomic mass is 9.95. The van der Waals surface area contributed by atoms with Crippen molar-refractivity contribution in [1.29, 1.82) is 0 Å². The number of carbonyl (C=O) groups excluding carboxylic acids is 1. The van der Waals surface area contributed by atoms with Crippen molar-refractivity contribution >= 4 is 5.91 Å². The fourth-order valence-corrected chi connectivity index (χ4v) is 5.62. The fourth-order valence-electron chi connectivity index (χ4n) is 5.62. The summed E-state index contributed by atoms with van der Waals surface area (Å²) in [5.74, 6) is 3.83. The van der Waals surface area contributed by atoms with Gasteiger partial charge in [0.2, 0.25) is 18.4 Å². The van der Waals surface area contributed by atoms with Gasteiger partial charge in [-0.1, -0.05) is 25.5 Å². The Bertz CT molecular complexity index is 1130. The van der Waals surface area contributed by atoms with Gasteiger partial charge in [0, 0.05) is 25.7 Å². The standard InChI is InChI=1S/C32H47N3O6/c1-6-7-15-34(16-11-10-14-33(2)3)31(36)21-35-20-25(24-18-29(38-5)32-30(19-24)40-23-41-32)17-26(35)22-39-28-13-9-8-12-27(28)37-4/h8-9,12-13,18-19,25-26H,6-7,10-11,14-17,20-23H2,1-5H3/t25-,26-/m1/s1. The van der Waals surface area contributed by atoms with Crippen LogP contribution < -0.4 is 23.7 Å². The first kappa shape index (κ1) is 30.8. The SMILES string of the molecule is CCCCN(CCCCN(C)C)C(=O)CN1C[C@H](c2cc(OC)c3c(c2)OCO3)C[C@@H]1COc1ccccc1OC. The molecule has 9 nitrogen and oxygen atoms in total. The number of hydrogen-bond acceptors (Lipinski definition) is 8. The zero-order chi connectivity index (χ0) is 29.2. The van der Waals surface area contributed by atoms with E-state index in [-0.39, 0.29) is 24.7 Å². The number of amides is 1. The summed E-state index contributed by atoms with van der Waals surface area (Å²) in [6.45, 7) is 6.57. The molecule has 4 rings (SSSR count). The average Bonchev–Trinajstić information content (AvgIpc) is 3.62. The highest BCUT2D eigenvalue weighted by molar-refractivity contribution is 5.78. The molecule has 41 heavy (non-hydrogen) atoms. The number of para-hydroxylation sites is 2. The third-order valence-electron chi connectivity index (χ3n) is 7.94. The summed E-state index contributed by atoms with van der Waals surface area (Å²) >= 11 is 0. The first-order valence-corrected chi connectivity index (χ1v) is 14.8. The van der Waals surface area contributed by atoms with Gasteiger partial charge in [-0.3, -0.25) is 9.69 Å². The van der Waals surface area contributed by atoms with Gasteiger partial charge in [-0.15, -0.1) is 0 Å². The number of likely N-dealkylation sites (tertiary alicyclic amines) is 1. The maximum Gasteiger partial charge on any atom is 0.236 e. The van der Waals surface area contributed by atoms with Gasteiger partial charge in [0.1, 0.15) is 6.61 Å². The van der Waals surface area contributed by atoms with E-state index in [1.807, 2.05) is 30.3 Å². The van der Waals surface area contributed by atoms with Gasteiger partial charge in [-0.05, 0) is 82.1 Å². The van der Waals surface area contributed by atoms with E-state index >= 15 is 0 Å². The van der Waals surface area contributed by atoms with E-state index in [2.05, 4.69) is 41.8 Å². The van der Waals surface area contributed by atoms with Crippen molar-refractivity contribution in [1.82, 2.24) is 14.7 Å². The van der Waals surface area contributed by atoms with Gasteiger partial charge in [-0.2, -0.15) is 0 Å². The number of unbranched alkanes of at least 4 members (excludes halogenated alkanes) is 2. The number of benzene rings is 2. The van der Waals surface area contributed by atoms with Crippen LogP contribution in [0.2, 0.25) is 0 Å². The second kappa shape index (κ2) is 15.2. The van der Waals surface area contributed by atoms with Gasteiger partial charge in [-0.25, -0.2) is 0 Å². The highest BCUT2D eigenvalue weighted by Crippen LogP contribution is 2.45. The number of nitrogens with zero attached hydrogens (tertiary/aromatic N) is 3. The molecule has 2 aromatic carbocycles. The summed E-state index contributed by atoms with van der Waals surface area (Å²) in [6.07, 6.45) is 5.01. The maximum absolute atomic E-state index is 13.7. The second-order valence-corrected chi connectivity index (χ2v) is 11.2. The lowest BCUT2D eigenvalue weighted by Crippen LogP contribution is -2.44. The van der Waals surface area contributed by atoms with E-state index in [0.29, 0.717) is 41.9 Å². The number of methoxy groups -OCH3 is 2. The van der Waals surface area contributed by atoms with E-state index in [4.69, 9.17) is 23.7 Å². The van der Waals surface area contributed by atoms with Crippen LogP contribution in [0.5, 0.6) is 28.7 Å². The first-order valence-electron chi connectivity index (χ1n) is 14.8. The lowest BCUT2D eigenvalue weighted by molar-refractivity contribution is -0.133. The maximum atomic E-state index is 13.7. The van der Waals surface area contributed by atoms with Crippen molar-refractivity contribution in [3.63, 3.8) is 0 Å². The van der Waals surface area contributed by atoms with Crippen LogP contribution in [0.3, 0.4) is 0 Å². The molecule has 1 amide bonds. The number of fused-ring (bicyclic) bond motifs is 1. The summed E-state index contributed by atoms with van der Waals surface area (Å²) < 4.78 is 28.7. The summed E-state index contributed by atoms with van der Waals surface area (Å²) in [5.41, 5.74) is 1.12. The average molecular weight is 570 g/mol. The Morgan fingerprint density at radius 3 is 2.44 bits per heavy atom. The number of carbonyl (C=O) groups is 1. The number of ether oxygens (including phenoxy) is 5. The first-order chi connectivity index (χ1) is 19.9. The normalized spacial score (nSPS) is 18.1. The van der Waals surface area contributed by atoms with E-state index in [1.165, 1.54) is 0 Å². The van der Waals surface area contributed by atoms with Crippen LogP contribution in [0.15, 0.2) is 36.4 Å². The van der Waals surface area contributed by atoms with Crippen molar-refractivity contribution < 1.29 is 28.5 Å². The van der Waals surface area contributed by atoms with Gasteiger partial charge in [0.25, 0.3) is 0 Å². The van der Waals surface area contributed by atoms with Crippen LogP contribution >= 0.6 is 0 Å². The fraction of sp³-hybridized carbons (Fsp3) is 0.594. The second-order valence-electron chi connectivity index (χ2n) is 11.2. The van der Waals surface area contributed by atoms with E-state index in [9.17, 15) is 4.79 Å². The zero-order valence-corrected chi connectivity index (χ0v) is 25.4. The number of rotatable bonds is 16. The predicted molar refractivity (Wildman–Crippen MR) is 160 cm³/mol. The third kappa shape index (κ3) is 8.20. The minimum absolute atomic E-state index is 0.0621. The molecule has 0 spiro atoms. The molecule has 2 aromatic rings. The van der Waals surface area contributed by atoms with Crippen molar-refractivity contribution in [2.45, 2.75) is 51.0 Å². The van der Waals surface area contributed by atoms with Crippen molar-refractivity contribution in [2.75, 3.05) is 74.4 Å². The minimum atomic E-state index is 0.0621. The smallest absolute Gasteiger partial charge is 0.236 e. The molecule has 0 N–H and O–H groups in total. The molecule has 2 heterocycles. The molecular weight excluding hydrogens is 522 g/mol. The Morgan fingerprint density at radius 1 is 0.976 bits per heavy atom. The molecule has 9 heteroatoms. The van der Waals surface area contributed by atoms with Crippen LogP contribution in [0, 0.1) is 0 Å². The molecular formula is C32H47N3O6. The molecule has 2 atom stereocenters. The van der Waals surface area contributed by atoms with Crippen molar-refractivity contribution in [2.24, 2.45) is 0 Å². The monoisotopic (exact) mass is 569 g/mol. The van der Waals surface area contributed by atoms with Gasteiger partial charge in [0.05, 0.1) is 20.8 Å². The molecule has 226 valence electrons. The Labute approximate surface area is 245 Å². The molecule has 1 fully saturated rings. The van der Waals surface area contributed by atoms with Crippen molar-refractivity contribution in [3.8, 4) is 28.7 Å². The lowest BCUT2D eigenvalue weighted by Gasteiger charge is -2.29. The van der Waals surface area contributed by atoms with Crippen molar-refractivity contribution in [3.05, 3.63) is 42.0 Å². The molecule has 0 aromatic heterocycles. The molecule has 0 saturated carbocycles. The minimum Gasteiger partial charge on any atom is -0.493 e. The van der Waals surface area contributed by atoms with Gasteiger partial charge < -0.3 is 33.5 Å². The van der Waals surface area contributed by atoms with E-state index in [1.54, 1.807) is 14.2 Å². The van der Waals surface area contributed by atoms with E-state index in [0.717, 1.165) is 63.8 Å². The molecule has 0 radical (unpaired) electrons. The molecule has 0 aliphatic carbocycles. The van der Waals surface area contributed by atoms with Crippen LogP contribution in [0.25, 0.3) is 0 Å². The molecule has 0 unspecified atom stereocenters. The molecule has 2 aliphatic heterocycles. The van der Waals surface area contributed by atoms with Crippen LogP contribution in [-0.2, 0) is 4.79 Å². The molecule has 2 aliphatic rings. The summed E-state index contributed by atoms with van der Waals surface area (Å²) in [4.78, 5) is 20.3. The number of hydrogen-bond donors (Lipinski definition) is 0. The Morgan fingerprint density at radius 2 is 1.71 bits per heavy atom. The van der Waals surface area contributed by atoms with E-state index < -0.39 is 0 Å². The highest BCUT2D eigenvalue weighted by atomic mass is 16.7. The third-order valence-corrected chi connectivity index (χ3v) is 7.94. The van der Waals surface area contributed by atoms with Crippen LogP contribution in [0.4, 0.5) is 0 Å². The largest absolute Gasteiger partial charge is 0.493 e. The van der Waals surface area contributed by atoms with Crippen LogP contribution in [0.1, 0.15) is 50.5 Å². The summed E-state index contributed by atoms with van der Waals surface area (Å²) in [6, 6.07) is 11.8. The summed E-state index contributed by atoms with van der Waals surface area (Å²) in [5, 5.41) is 0. The summed E-state index contributed by atoms with van der Waals surface area (Å²) in [7, 11) is 7.47. The topological polar surface area (TPSA) is 72.9 Å². The molecule has 1 saturated heterocycles. The van der Waals surface area contributed by atoms with Gasteiger partial charge >= 0.3 is 0 Å². The zero-order valence-electron chi connectivity index (χ0n) is 25.4. The Balaban J connectivity index is 1.50. The quantitative estimate of drug-likeness (QED) is 0.271. The molecule has 0 bridgehead atoms. The Hall–Kier alpha value is -3.17. The predicted octanol–water partition coefficient (Wildman–Crippen LogP) is 4.64. The Kier molecular flexibility index (Phi) is 11.4. The van der Waals surface area contributed by atoms with Gasteiger partial charge in [0.15, 0.2) is 23.0 Å². The van der Waals surface area contributed by atoms with Crippen LogP contribution in [-0.4, -0.2) is 101 Å². The highest BCUT2D eigenvalue weighted by Gasteiger charge is 2.36.